The minimum atomic E-state index is -0.273. The standard InChI is InChI=1S/C21H22N2O2S2/c22-17-16-13-8-3-4-9-14(13)18(15-10-5-11-26-15)23-20(16)27-19(17)21(24)25-12-6-1-2-7-12/h5,10-12H,1-4,6-9,22H2. The number of ether oxygens (including phenoxy) is 1. The van der Waals surface area contributed by atoms with Crippen LogP contribution in [0.5, 0.6) is 0 Å². The maximum Gasteiger partial charge on any atom is 0.350 e. The van der Waals surface area contributed by atoms with Crippen LogP contribution in [0.1, 0.15) is 59.3 Å². The van der Waals surface area contributed by atoms with Crippen molar-refractivity contribution in [1.82, 2.24) is 4.98 Å². The number of rotatable bonds is 3. The molecule has 27 heavy (non-hydrogen) atoms. The molecule has 0 atom stereocenters. The smallest absolute Gasteiger partial charge is 0.350 e. The maximum atomic E-state index is 12.8. The summed E-state index contributed by atoms with van der Waals surface area (Å²) >= 11 is 3.11. The van der Waals surface area contributed by atoms with Gasteiger partial charge in [0.15, 0.2) is 0 Å². The van der Waals surface area contributed by atoms with E-state index >= 15 is 0 Å². The molecule has 4 nitrogen and oxygen atoms in total. The Balaban J connectivity index is 1.63. The van der Waals surface area contributed by atoms with Crippen molar-refractivity contribution in [2.45, 2.75) is 57.5 Å². The Morgan fingerprint density at radius 1 is 1.15 bits per heavy atom. The Kier molecular flexibility index (Phi) is 4.40. The summed E-state index contributed by atoms with van der Waals surface area (Å²) in [6.45, 7) is 0. The first-order chi connectivity index (χ1) is 13.2. The predicted octanol–water partition coefficient (Wildman–Crippen LogP) is 5.59. The highest BCUT2D eigenvalue weighted by molar-refractivity contribution is 7.21. The zero-order valence-corrected chi connectivity index (χ0v) is 16.8. The fourth-order valence-corrected chi connectivity index (χ4v) is 6.14. The Labute approximate surface area is 166 Å². The summed E-state index contributed by atoms with van der Waals surface area (Å²) in [6.07, 6.45) is 8.63. The van der Waals surface area contributed by atoms with E-state index in [1.165, 1.54) is 33.8 Å². The Hall–Kier alpha value is -1.92. The summed E-state index contributed by atoms with van der Waals surface area (Å²) in [7, 11) is 0. The summed E-state index contributed by atoms with van der Waals surface area (Å²) < 4.78 is 5.72. The third-order valence-corrected chi connectivity index (χ3v) is 7.67. The number of esters is 1. The number of pyridine rings is 1. The van der Waals surface area contributed by atoms with Gasteiger partial charge >= 0.3 is 5.97 Å². The molecule has 0 radical (unpaired) electrons. The number of hydrogen-bond acceptors (Lipinski definition) is 6. The lowest BCUT2D eigenvalue weighted by Gasteiger charge is -2.19. The number of aryl methyl sites for hydroxylation is 1. The summed E-state index contributed by atoms with van der Waals surface area (Å²) in [5, 5.41) is 3.08. The van der Waals surface area contributed by atoms with Crippen molar-refractivity contribution in [3.05, 3.63) is 33.5 Å². The number of aromatic nitrogens is 1. The molecule has 0 aliphatic heterocycles. The number of carbonyl (C=O) groups excluding carboxylic acids is 1. The predicted molar refractivity (Wildman–Crippen MR) is 112 cm³/mol. The minimum Gasteiger partial charge on any atom is -0.458 e. The number of fused-ring (bicyclic) bond motifs is 3. The van der Waals surface area contributed by atoms with Gasteiger partial charge in [-0.2, -0.15) is 0 Å². The van der Waals surface area contributed by atoms with Crippen molar-refractivity contribution in [3.8, 4) is 10.6 Å². The molecule has 6 heteroatoms. The second kappa shape index (κ2) is 6.91. The molecule has 1 saturated carbocycles. The number of nitrogens with zero attached hydrogens (tertiary/aromatic N) is 1. The van der Waals surface area contributed by atoms with Crippen LogP contribution in [-0.4, -0.2) is 17.1 Å². The van der Waals surface area contributed by atoms with Crippen LogP contribution in [-0.2, 0) is 17.6 Å². The summed E-state index contributed by atoms with van der Waals surface area (Å²) in [5.41, 5.74) is 10.7. The van der Waals surface area contributed by atoms with E-state index in [0.717, 1.165) is 60.9 Å². The lowest BCUT2D eigenvalue weighted by atomic mass is 9.88. The number of thiophene rings is 2. The van der Waals surface area contributed by atoms with Crippen LogP contribution in [0.4, 0.5) is 5.69 Å². The highest BCUT2D eigenvalue weighted by Gasteiger charge is 2.28. The number of carbonyl (C=O) groups is 1. The molecule has 2 N–H and O–H groups in total. The summed E-state index contributed by atoms with van der Waals surface area (Å²) in [5.74, 6) is -0.273. The monoisotopic (exact) mass is 398 g/mol. The number of anilines is 1. The third-order valence-electron chi connectivity index (χ3n) is 5.71. The fourth-order valence-electron chi connectivity index (χ4n) is 4.39. The quantitative estimate of drug-likeness (QED) is 0.585. The van der Waals surface area contributed by atoms with Crippen LogP contribution in [0.15, 0.2) is 17.5 Å². The van der Waals surface area contributed by atoms with Crippen molar-refractivity contribution in [2.24, 2.45) is 0 Å². The molecular formula is C21H22N2O2S2. The van der Waals surface area contributed by atoms with Crippen molar-refractivity contribution in [3.63, 3.8) is 0 Å². The van der Waals surface area contributed by atoms with E-state index in [1.54, 1.807) is 11.3 Å². The maximum absolute atomic E-state index is 12.8. The van der Waals surface area contributed by atoms with Gasteiger partial charge in [0.25, 0.3) is 0 Å². The summed E-state index contributed by atoms with van der Waals surface area (Å²) in [6, 6.07) is 4.19. The number of nitrogen functional groups attached to an aromatic ring is 1. The molecule has 3 aromatic heterocycles. The molecule has 0 spiro atoms. The van der Waals surface area contributed by atoms with Crippen LogP contribution in [0.25, 0.3) is 20.8 Å². The number of nitrogens with two attached hydrogens (primary N) is 1. The van der Waals surface area contributed by atoms with E-state index in [2.05, 4.69) is 17.5 Å². The lowest BCUT2D eigenvalue weighted by molar-refractivity contribution is 0.0325. The third kappa shape index (κ3) is 2.95. The van der Waals surface area contributed by atoms with E-state index in [0.29, 0.717) is 10.6 Å². The first-order valence-corrected chi connectivity index (χ1v) is 11.4. The van der Waals surface area contributed by atoms with E-state index in [9.17, 15) is 4.79 Å². The van der Waals surface area contributed by atoms with Crippen molar-refractivity contribution in [2.75, 3.05) is 5.73 Å². The van der Waals surface area contributed by atoms with Crippen molar-refractivity contribution in [1.29, 1.82) is 0 Å². The Morgan fingerprint density at radius 3 is 2.67 bits per heavy atom. The van der Waals surface area contributed by atoms with E-state index in [1.807, 2.05) is 0 Å². The fraction of sp³-hybridized carbons (Fsp3) is 0.429. The molecule has 0 amide bonds. The minimum absolute atomic E-state index is 0.0469. The highest BCUT2D eigenvalue weighted by atomic mass is 32.1. The van der Waals surface area contributed by atoms with Crippen LogP contribution >= 0.6 is 22.7 Å². The van der Waals surface area contributed by atoms with Gasteiger partial charge in [-0.25, -0.2) is 9.78 Å². The van der Waals surface area contributed by atoms with Crippen LogP contribution in [0.2, 0.25) is 0 Å². The average molecular weight is 399 g/mol. The van der Waals surface area contributed by atoms with Crippen molar-refractivity contribution >= 4 is 44.5 Å². The van der Waals surface area contributed by atoms with Gasteiger partial charge < -0.3 is 10.5 Å². The second-order valence-corrected chi connectivity index (χ2v) is 9.39. The van der Waals surface area contributed by atoms with Crippen LogP contribution in [0.3, 0.4) is 0 Å². The average Bonchev–Trinajstić information content (AvgIpc) is 3.42. The van der Waals surface area contributed by atoms with E-state index < -0.39 is 0 Å². The first-order valence-electron chi connectivity index (χ1n) is 9.71. The van der Waals surface area contributed by atoms with Crippen LogP contribution in [0, 0.1) is 0 Å². The molecule has 5 rings (SSSR count). The molecule has 3 aromatic rings. The van der Waals surface area contributed by atoms with Gasteiger partial charge in [0.1, 0.15) is 15.8 Å². The molecule has 0 saturated heterocycles. The SMILES string of the molecule is Nc1c(C(=O)OC2CCCC2)sc2nc(-c3cccs3)c3c(c12)CCCC3. The van der Waals surface area contributed by atoms with Gasteiger partial charge in [0.2, 0.25) is 0 Å². The molecule has 2 aliphatic carbocycles. The normalized spacial score (nSPS) is 17.3. The molecule has 1 fully saturated rings. The van der Waals surface area contributed by atoms with Crippen molar-refractivity contribution < 1.29 is 9.53 Å². The van der Waals surface area contributed by atoms with E-state index in [-0.39, 0.29) is 12.1 Å². The molecule has 3 heterocycles. The van der Waals surface area contributed by atoms with E-state index in [4.69, 9.17) is 15.5 Å². The zero-order valence-electron chi connectivity index (χ0n) is 15.1. The number of hydrogen-bond donors (Lipinski definition) is 1. The van der Waals surface area contributed by atoms with Gasteiger partial charge in [-0.1, -0.05) is 6.07 Å². The Bertz CT molecular complexity index is 1000. The molecule has 2 aliphatic rings. The Morgan fingerprint density at radius 2 is 1.93 bits per heavy atom. The van der Waals surface area contributed by atoms with Gasteiger partial charge in [-0.15, -0.1) is 22.7 Å². The molecule has 140 valence electrons. The largest absolute Gasteiger partial charge is 0.458 e. The van der Waals surface area contributed by atoms with Crippen LogP contribution < -0.4 is 5.73 Å². The topological polar surface area (TPSA) is 65.2 Å². The summed E-state index contributed by atoms with van der Waals surface area (Å²) in [4.78, 5) is 20.3. The van der Waals surface area contributed by atoms with Gasteiger partial charge in [-0.3, -0.25) is 0 Å². The van der Waals surface area contributed by atoms with Gasteiger partial charge in [0, 0.05) is 5.39 Å². The lowest BCUT2D eigenvalue weighted by Crippen LogP contribution is -2.14. The first kappa shape index (κ1) is 17.2. The van der Waals surface area contributed by atoms with Gasteiger partial charge in [-0.05, 0) is 73.9 Å². The van der Waals surface area contributed by atoms with Gasteiger partial charge in [0.05, 0.1) is 16.3 Å². The molecule has 0 unspecified atom stereocenters. The molecule has 0 bridgehead atoms. The second-order valence-electron chi connectivity index (χ2n) is 7.44. The zero-order chi connectivity index (χ0) is 18.4. The highest BCUT2D eigenvalue weighted by Crippen LogP contribution is 2.43. The molecular weight excluding hydrogens is 376 g/mol. The molecule has 0 aromatic carbocycles.